The quantitative estimate of drug-likeness (QED) is 0.689. The number of carbonyl (C=O) groups is 2. The molecule has 10 heteroatoms. The highest BCUT2D eigenvalue weighted by Gasteiger charge is 2.32. The highest BCUT2D eigenvalue weighted by molar-refractivity contribution is 6.03. The second-order valence-corrected chi connectivity index (χ2v) is 8.06. The molecule has 2 aliphatic heterocycles. The number of hydrogen-bond donors (Lipinski definition) is 1. The number of nitrogens with one attached hydrogen (secondary N) is 1. The molecule has 0 spiro atoms. The van der Waals surface area contributed by atoms with Gasteiger partial charge in [-0.3, -0.25) is 9.59 Å². The number of halogens is 3. The van der Waals surface area contributed by atoms with Crippen molar-refractivity contribution in [3.63, 3.8) is 0 Å². The minimum Gasteiger partial charge on any atom is -0.378 e. The summed E-state index contributed by atoms with van der Waals surface area (Å²) in [5, 5.41) is 8.28. The van der Waals surface area contributed by atoms with Gasteiger partial charge in [0, 0.05) is 32.4 Å². The van der Waals surface area contributed by atoms with Crippen molar-refractivity contribution in [3.8, 4) is 0 Å². The molecule has 7 nitrogen and oxygen atoms in total. The third-order valence-electron chi connectivity index (χ3n) is 5.71. The molecule has 180 valence electrons. The van der Waals surface area contributed by atoms with Crippen LogP contribution in [0.1, 0.15) is 30.4 Å². The summed E-state index contributed by atoms with van der Waals surface area (Å²) in [6.07, 6.45) is -4.17. The van der Waals surface area contributed by atoms with Gasteiger partial charge in [0.15, 0.2) is 0 Å². The Labute approximate surface area is 195 Å². The van der Waals surface area contributed by atoms with E-state index < -0.39 is 17.6 Å². The summed E-state index contributed by atoms with van der Waals surface area (Å²) in [7, 11) is 0. The van der Waals surface area contributed by atoms with E-state index in [2.05, 4.69) is 10.4 Å². The maximum Gasteiger partial charge on any atom is 0.416 e. The van der Waals surface area contributed by atoms with Crippen LogP contribution in [0, 0.1) is 0 Å². The Morgan fingerprint density at radius 1 is 1.00 bits per heavy atom. The smallest absolute Gasteiger partial charge is 0.378 e. The van der Waals surface area contributed by atoms with Crippen LogP contribution in [0.2, 0.25) is 0 Å². The maximum absolute atomic E-state index is 13.3. The molecule has 0 aliphatic carbocycles. The SMILES string of the molecule is O=C(CCC(=O)N1CCC(c2ccccc2)=N1)Nc1cc(C(F)(F)F)ccc1N1CCOCC1. The van der Waals surface area contributed by atoms with Crippen LogP contribution < -0.4 is 10.2 Å². The molecule has 1 N–H and O–H groups in total. The van der Waals surface area contributed by atoms with Gasteiger partial charge in [0.05, 0.1) is 42.4 Å². The largest absolute Gasteiger partial charge is 0.416 e. The minimum atomic E-state index is -4.54. The van der Waals surface area contributed by atoms with Crippen LogP contribution >= 0.6 is 0 Å². The fraction of sp³-hybridized carbons (Fsp3) is 0.375. The Morgan fingerprint density at radius 3 is 2.44 bits per heavy atom. The molecule has 1 saturated heterocycles. The first-order valence-corrected chi connectivity index (χ1v) is 11.1. The van der Waals surface area contributed by atoms with Gasteiger partial charge >= 0.3 is 6.18 Å². The van der Waals surface area contributed by atoms with Crippen molar-refractivity contribution < 1.29 is 27.5 Å². The van der Waals surface area contributed by atoms with Crippen molar-refractivity contribution in [1.82, 2.24) is 5.01 Å². The molecule has 2 amide bonds. The van der Waals surface area contributed by atoms with E-state index in [4.69, 9.17) is 4.74 Å². The first kappa shape index (κ1) is 23.7. The molecule has 2 aromatic rings. The summed E-state index contributed by atoms with van der Waals surface area (Å²) >= 11 is 0. The number of benzene rings is 2. The van der Waals surface area contributed by atoms with E-state index in [-0.39, 0.29) is 24.4 Å². The van der Waals surface area contributed by atoms with Crippen molar-refractivity contribution in [3.05, 3.63) is 59.7 Å². The number of hydrazone groups is 1. The number of anilines is 2. The predicted molar refractivity (Wildman–Crippen MR) is 122 cm³/mol. The Balaban J connectivity index is 1.40. The number of hydrogen-bond acceptors (Lipinski definition) is 5. The number of carbonyl (C=O) groups excluding carboxylic acids is 2. The van der Waals surface area contributed by atoms with Gasteiger partial charge in [-0.2, -0.15) is 18.3 Å². The lowest BCUT2D eigenvalue weighted by Gasteiger charge is -2.31. The molecule has 1 fully saturated rings. The first-order valence-electron chi connectivity index (χ1n) is 11.1. The first-order chi connectivity index (χ1) is 16.3. The number of nitrogens with zero attached hydrogens (tertiary/aromatic N) is 3. The van der Waals surface area contributed by atoms with Crippen molar-refractivity contribution in [2.75, 3.05) is 43.1 Å². The molecule has 34 heavy (non-hydrogen) atoms. The van der Waals surface area contributed by atoms with Gasteiger partial charge in [0.1, 0.15) is 0 Å². The van der Waals surface area contributed by atoms with E-state index in [1.54, 1.807) is 0 Å². The molecular formula is C24H25F3N4O3. The molecule has 2 heterocycles. The van der Waals surface area contributed by atoms with E-state index in [1.165, 1.54) is 11.1 Å². The van der Waals surface area contributed by atoms with Gasteiger partial charge in [-0.05, 0) is 23.8 Å². The number of morpholine rings is 1. The summed E-state index contributed by atoms with van der Waals surface area (Å²) in [6, 6.07) is 12.8. The monoisotopic (exact) mass is 474 g/mol. The highest BCUT2D eigenvalue weighted by Crippen LogP contribution is 2.36. The second-order valence-electron chi connectivity index (χ2n) is 8.06. The molecule has 0 bridgehead atoms. The number of ether oxygens (including phenoxy) is 1. The summed E-state index contributed by atoms with van der Waals surface area (Å²) < 4.78 is 45.1. The van der Waals surface area contributed by atoms with Crippen molar-refractivity contribution >= 4 is 28.9 Å². The highest BCUT2D eigenvalue weighted by atomic mass is 19.4. The fourth-order valence-corrected chi connectivity index (χ4v) is 3.93. The average Bonchev–Trinajstić information content (AvgIpc) is 3.34. The zero-order valence-corrected chi connectivity index (χ0v) is 18.5. The number of amides is 2. The molecule has 0 radical (unpaired) electrons. The predicted octanol–water partition coefficient (Wildman–Crippen LogP) is 3.90. The van der Waals surface area contributed by atoms with Crippen molar-refractivity contribution in [2.24, 2.45) is 5.10 Å². The third-order valence-corrected chi connectivity index (χ3v) is 5.71. The Bertz CT molecular complexity index is 1070. The third kappa shape index (κ3) is 5.74. The molecule has 0 aromatic heterocycles. The van der Waals surface area contributed by atoms with E-state index in [9.17, 15) is 22.8 Å². The summed E-state index contributed by atoms with van der Waals surface area (Å²) in [5.41, 5.74) is 1.45. The van der Waals surface area contributed by atoms with Crippen LogP contribution in [-0.2, 0) is 20.5 Å². The topological polar surface area (TPSA) is 74.2 Å². The molecule has 4 rings (SSSR count). The zero-order chi connectivity index (χ0) is 24.1. The van der Waals surface area contributed by atoms with Crippen molar-refractivity contribution in [1.29, 1.82) is 0 Å². The molecule has 2 aliphatic rings. The Hall–Kier alpha value is -3.40. The van der Waals surface area contributed by atoms with Gasteiger partial charge in [-0.15, -0.1) is 0 Å². The molecular weight excluding hydrogens is 449 g/mol. The lowest BCUT2D eigenvalue weighted by atomic mass is 10.1. The average molecular weight is 474 g/mol. The molecule has 2 aromatic carbocycles. The summed E-state index contributed by atoms with van der Waals surface area (Å²) in [4.78, 5) is 27.0. The van der Waals surface area contributed by atoms with Crippen molar-refractivity contribution in [2.45, 2.75) is 25.4 Å². The minimum absolute atomic E-state index is 0.0692. The normalized spacial score (nSPS) is 16.4. The Morgan fingerprint density at radius 2 is 1.74 bits per heavy atom. The molecule has 0 unspecified atom stereocenters. The van der Waals surface area contributed by atoms with Crippen LogP contribution in [0.4, 0.5) is 24.5 Å². The van der Waals surface area contributed by atoms with E-state index in [0.29, 0.717) is 45.0 Å². The van der Waals surface area contributed by atoms with Crippen LogP contribution in [0.25, 0.3) is 0 Å². The van der Waals surface area contributed by atoms with E-state index in [1.807, 2.05) is 35.2 Å². The maximum atomic E-state index is 13.3. The van der Waals surface area contributed by atoms with Gasteiger partial charge in [0.25, 0.3) is 0 Å². The number of rotatable bonds is 6. The fourth-order valence-electron chi connectivity index (χ4n) is 3.93. The van der Waals surface area contributed by atoms with Gasteiger partial charge in [-0.1, -0.05) is 30.3 Å². The van der Waals surface area contributed by atoms with Crippen LogP contribution in [-0.4, -0.2) is 55.4 Å². The van der Waals surface area contributed by atoms with Crippen LogP contribution in [0.5, 0.6) is 0 Å². The second kappa shape index (κ2) is 10.3. The summed E-state index contributed by atoms with van der Waals surface area (Å²) in [6.45, 7) is 2.33. The van der Waals surface area contributed by atoms with E-state index >= 15 is 0 Å². The van der Waals surface area contributed by atoms with E-state index in [0.717, 1.165) is 23.4 Å². The van der Waals surface area contributed by atoms with Crippen LogP contribution in [0.15, 0.2) is 53.6 Å². The lowest BCUT2D eigenvalue weighted by Crippen LogP contribution is -2.37. The van der Waals surface area contributed by atoms with Gasteiger partial charge < -0.3 is 15.0 Å². The zero-order valence-electron chi connectivity index (χ0n) is 18.5. The van der Waals surface area contributed by atoms with Gasteiger partial charge in [0.2, 0.25) is 11.8 Å². The van der Waals surface area contributed by atoms with Gasteiger partial charge in [-0.25, -0.2) is 5.01 Å². The lowest BCUT2D eigenvalue weighted by molar-refractivity contribution is -0.137. The standard InChI is InChI=1S/C24H25F3N4O3/c25-24(26,27)18-6-7-21(30-12-14-34-15-13-30)20(16-18)28-22(32)8-9-23(33)31-11-10-19(29-31)17-4-2-1-3-5-17/h1-7,16H,8-15H2,(H,28,32). The molecule has 0 atom stereocenters. The number of alkyl halides is 3. The van der Waals surface area contributed by atoms with Crippen LogP contribution in [0.3, 0.4) is 0 Å². The Kier molecular flexibility index (Phi) is 7.16. The summed E-state index contributed by atoms with van der Waals surface area (Å²) in [5.74, 6) is -0.841. The molecule has 0 saturated carbocycles.